The summed E-state index contributed by atoms with van der Waals surface area (Å²) in [5.41, 5.74) is 7.57. The minimum Gasteiger partial charge on any atom is -0.397 e. The lowest BCUT2D eigenvalue weighted by Crippen LogP contribution is -2.04. The zero-order chi connectivity index (χ0) is 11.4. The Morgan fingerprint density at radius 3 is 2.81 bits per heavy atom. The second-order valence-electron chi connectivity index (χ2n) is 3.59. The number of nitrogens with zero attached hydrogens (tertiary/aromatic N) is 1. The molecule has 0 atom stereocenters. The zero-order valence-electron chi connectivity index (χ0n) is 8.90. The Bertz CT molecular complexity index is 540. The van der Waals surface area contributed by atoms with Crippen molar-refractivity contribution in [1.29, 1.82) is 5.26 Å². The van der Waals surface area contributed by atoms with Gasteiger partial charge in [0.2, 0.25) is 0 Å². The van der Waals surface area contributed by atoms with Crippen molar-refractivity contribution in [2.75, 3.05) is 17.6 Å². The molecule has 2 rings (SSSR count). The third kappa shape index (κ3) is 1.91. The summed E-state index contributed by atoms with van der Waals surface area (Å²) in [5.74, 6) is 0. The lowest BCUT2D eigenvalue weighted by Gasteiger charge is -2.11. The highest BCUT2D eigenvalue weighted by Gasteiger charge is 2.03. The van der Waals surface area contributed by atoms with Crippen molar-refractivity contribution >= 4 is 22.1 Å². The smallest absolute Gasteiger partial charge is 0.0653 e. The van der Waals surface area contributed by atoms with Crippen LogP contribution in [0.1, 0.15) is 6.42 Å². The van der Waals surface area contributed by atoms with Crippen LogP contribution >= 0.6 is 0 Å². The molecule has 16 heavy (non-hydrogen) atoms. The molecule has 0 fully saturated rings. The van der Waals surface area contributed by atoms with Gasteiger partial charge in [-0.3, -0.25) is 0 Å². The van der Waals surface area contributed by atoms with Crippen molar-refractivity contribution in [3.05, 3.63) is 36.4 Å². The van der Waals surface area contributed by atoms with Gasteiger partial charge in [-0.2, -0.15) is 5.26 Å². The van der Waals surface area contributed by atoms with Crippen LogP contribution in [-0.2, 0) is 0 Å². The Morgan fingerprint density at radius 2 is 2.00 bits per heavy atom. The Hall–Kier alpha value is -2.21. The number of nitrogens with one attached hydrogen (secondary N) is 1. The number of nitrogens with two attached hydrogens (primary N) is 1. The van der Waals surface area contributed by atoms with Crippen molar-refractivity contribution in [2.24, 2.45) is 0 Å². The summed E-state index contributed by atoms with van der Waals surface area (Å²) < 4.78 is 0. The first-order chi connectivity index (χ1) is 7.83. The van der Waals surface area contributed by atoms with Gasteiger partial charge in [0, 0.05) is 11.9 Å². The van der Waals surface area contributed by atoms with Crippen molar-refractivity contribution in [2.45, 2.75) is 6.42 Å². The van der Waals surface area contributed by atoms with Crippen LogP contribution in [0.5, 0.6) is 0 Å². The fourth-order valence-electron chi connectivity index (χ4n) is 1.73. The number of nitrogen functional groups attached to an aromatic ring is 1. The first-order valence-corrected chi connectivity index (χ1v) is 5.21. The van der Waals surface area contributed by atoms with Gasteiger partial charge in [-0.05, 0) is 11.5 Å². The number of fused-ring (bicyclic) bond motifs is 1. The van der Waals surface area contributed by atoms with E-state index < -0.39 is 0 Å². The Balaban J connectivity index is 2.41. The highest BCUT2D eigenvalue weighted by molar-refractivity contribution is 5.99. The lowest BCUT2D eigenvalue weighted by molar-refractivity contribution is 1.08. The van der Waals surface area contributed by atoms with Crippen LogP contribution in [0.15, 0.2) is 36.4 Å². The fourth-order valence-corrected chi connectivity index (χ4v) is 1.73. The van der Waals surface area contributed by atoms with E-state index in [0.717, 1.165) is 22.1 Å². The summed E-state index contributed by atoms with van der Waals surface area (Å²) in [4.78, 5) is 0. The van der Waals surface area contributed by atoms with Crippen molar-refractivity contribution in [3.63, 3.8) is 0 Å². The number of nitriles is 1. The molecule has 0 unspecified atom stereocenters. The van der Waals surface area contributed by atoms with Gasteiger partial charge in [-0.25, -0.2) is 0 Å². The average Bonchev–Trinajstić information content (AvgIpc) is 2.32. The Labute approximate surface area is 94.5 Å². The van der Waals surface area contributed by atoms with Gasteiger partial charge < -0.3 is 11.1 Å². The highest BCUT2D eigenvalue weighted by Crippen LogP contribution is 2.29. The van der Waals surface area contributed by atoms with E-state index in [-0.39, 0.29) is 0 Å². The first-order valence-electron chi connectivity index (χ1n) is 5.21. The summed E-state index contributed by atoms with van der Waals surface area (Å²) in [6, 6.07) is 14.0. The molecule has 0 aliphatic carbocycles. The molecule has 3 N–H and O–H groups in total. The fraction of sp³-hybridized carbons (Fsp3) is 0.154. The molecule has 0 radical (unpaired) electrons. The molecule has 0 amide bonds. The normalized spacial score (nSPS) is 9.94. The van der Waals surface area contributed by atoms with Crippen LogP contribution in [0, 0.1) is 11.3 Å². The lowest BCUT2D eigenvalue weighted by atomic mass is 10.1. The monoisotopic (exact) mass is 211 g/mol. The molecule has 2 aromatic rings. The third-order valence-electron chi connectivity index (χ3n) is 2.50. The van der Waals surface area contributed by atoms with E-state index in [1.807, 2.05) is 36.4 Å². The van der Waals surface area contributed by atoms with Crippen LogP contribution in [0.3, 0.4) is 0 Å². The van der Waals surface area contributed by atoms with E-state index in [2.05, 4.69) is 11.4 Å². The molecular weight excluding hydrogens is 198 g/mol. The molecule has 0 bridgehead atoms. The average molecular weight is 211 g/mol. The number of hydrogen-bond donors (Lipinski definition) is 2. The predicted octanol–water partition coefficient (Wildman–Crippen LogP) is 2.75. The van der Waals surface area contributed by atoms with Gasteiger partial charge in [0.05, 0.1) is 23.9 Å². The molecule has 3 nitrogen and oxygen atoms in total. The second kappa shape index (κ2) is 4.54. The molecule has 0 aromatic heterocycles. The molecule has 0 aliphatic heterocycles. The molecule has 0 spiro atoms. The SMILES string of the molecule is N#CCCNc1c(N)ccc2ccccc12. The zero-order valence-corrected chi connectivity index (χ0v) is 8.90. The third-order valence-corrected chi connectivity index (χ3v) is 2.50. The Morgan fingerprint density at radius 1 is 1.19 bits per heavy atom. The number of anilines is 2. The maximum absolute atomic E-state index is 8.51. The van der Waals surface area contributed by atoms with Gasteiger partial charge in [-0.15, -0.1) is 0 Å². The number of rotatable bonds is 3. The quantitative estimate of drug-likeness (QED) is 0.606. The molecule has 0 saturated carbocycles. The Kier molecular flexibility index (Phi) is 2.93. The van der Waals surface area contributed by atoms with E-state index in [1.165, 1.54) is 0 Å². The summed E-state index contributed by atoms with van der Waals surface area (Å²) in [6.07, 6.45) is 0.475. The predicted molar refractivity (Wildman–Crippen MR) is 67.1 cm³/mol. The van der Waals surface area contributed by atoms with Gasteiger partial charge in [0.15, 0.2) is 0 Å². The summed E-state index contributed by atoms with van der Waals surface area (Å²) in [5, 5.41) is 14.0. The molecule has 3 heteroatoms. The summed E-state index contributed by atoms with van der Waals surface area (Å²) in [6.45, 7) is 0.620. The molecular formula is C13H13N3. The summed E-state index contributed by atoms with van der Waals surface area (Å²) >= 11 is 0. The van der Waals surface area contributed by atoms with Gasteiger partial charge >= 0.3 is 0 Å². The van der Waals surface area contributed by atoms with Gasteiger partial charge in [0.1, 0.15) is 0 Å². The minimum absolute atomic E-state index is 0.475. The number of hydrogen-bond acceptors (Lipinski definition) is 3. The largest absolute Gasteiger partial charge is 0.397 e. The molecule has 80 valence electrons. The second-order valence-corrected chi connectivity index (χ2v) is 3.59. The molecule has 0 heterocycles. The van der Waals surface area contributed by atoms with Crippen molar-refractivity contribution < 1.29 is 0 Å². The molecule has 0 aliphatic rings. The maximum Gasteiger partial charge on any atom is 0.0653 e. The van der Waals surface area contributed by atoms with Gasteiger partial charge in [0.25, 0.3) is 0 Å². The first kappa shape index (κ1) is 10.3. The van der Waals surface area contributed by atoms with E-state index in [9.17, 15) is 0 Å². The van der Waals surface area contributed by atoms with Crippen LogP contribution in [0.25, 0.3) is 10.8 Å². The highest BCUT2D eigenvalue weighted by atomic mass is 14.9. The van der Waals surface area contributed by atoms with E-state index in [0.29, 0.717) is 13.0 Å². The van der Waals surface area contributed by atoms with E-state index in [4.69, 9.17) is 11.0 Å². The van der Waals surface area contributed by atoms with Gasteiger partial charge in [-0.1, -0.05) is 30.3 Å². The van der Waals surface area contributed by atoms with Crippen LogP contribution < -0.4 is 11.1 Å². The van der Waals surface area contributed by atoms with Crippen LogP contribution in [0.4, 0.5) is 11.4 Å². The van der Waals surface area contributed by atoms with Crippen LogP contribution in [0.2, 0.25) is 0 Å². The van der Waals surface area contributed by atoms with E-state index in [1.54, 1.807) is 0 Å². The molecule has 2 aromatic carbocycles. The number of benzene rings is 2. The van der Waals surface area contributed by atoms with Crippen molar-refractivity contribution in [1.82, 2.24) is 0 Å². The minimum atomic E-state index is 0.475. The standard InChI is InChI=1S/C13H13N3/c14-8-3-9-16-13-11-5-2-1-4-10(11)6-7-12(13)15/h1-2,4-7,16H,3,9,15H2. The molecule has 0 saturated heterocycles. The maximum atomic E-state index is 8.51. The van der Waals surface area contributed by atoms with Crippen molar-refractivity contribution in [3.8, 4) is 6.07 Å². The summed E-state index contributed by atoms with van der Waals surface area (Å²) in [7, 11) is 0. The van der Waals surface area contributed by atoms with Crippen LogP contribution in [-0.4, -0.2) is 6.54 Å². The topological polar surface area (TPSA) is 61.8 Å². The van der Waals surface area contributed by atoms with E-state index >= 15 is 0 Å².